The standard InChI is InChI=1S/C20H29N3O3/c1-3-21-20(22-10-12-24-14-16-7-6-11-25-16)23-13-19-15(2)17-8-4-5-9-18(17)26-19/h4-5,8-9,16H,3,6-7,10-14H2,1-2H3,(H2,21,22,23). The lowest BCUT2D eigenvalue weighted by Crippen LogP contribution is -2.39. The lowest BCUT2D eigenvalue weighted by Gasteiger charge is -2.13. The van der Waals surface area contributed by atoms with Crippen molar-refractivity contribution in [2.45, 2.75) is 39.3 Å². The fourth-order valence-electron chi connectivity index (χ4n) is 3.10. The van der Waals surface area contributed by atoms with Crippen LogP contribution in [0.3, 0.4) is 0 Å². The van der Waals surface area contributed by atoms with E-state index in [2.05, 4.69) is 35.5 Å². The van der Waals surface area contributed by atoms with Crippen LogP contribution in [0.25, 0.3) is 11.0 Å². The van der Waals surface area contributed by atoms with Gasteiger partial charge in [-0.05, 0) is 32.8 Å². The molecule has 0 amide bonds. The van der Waals surface area contributed by atoms with E-state index in [-0.39, 0.29) is 6.10 Å². The second kappa shape index (κ2) is 9.59. The number of nitrogens with one attached hydrogen (secondary N) is 2. The number of benzene rings is 1. The van der Waals surface area contributed by atoms with Gasteiger partial charge in [0.25, 0.3) is 0 Å². The largest absolute Gasteiger partial charge is 0.459 e. The molecule has 142 valence electrons. The summed E-state index contributed by atoms with van der Waals surface area (Å²) in [5, 5.41) is 7.71. The summed E-state index contributed by atoms with van der Waals surface area (Å²) < 4.78 is 17.2. The number of hydrogen-bond donors (Lipinski definition) is 2. The van der Waals surface area contributed by atoms with Gasteiger partial charge in [-0.15, -0.1) is 0 Å². The number of hydrogen-bond acceptors (Lipinski definition) is 4. The fourth-order valence-corrected chi connectivity index (χ4v) is 3.10. The van der Waals surface area contributed by atoms with Gasteiger partial charge in [0.2, 0.25) is 0 Å². The Labute approximate surface area is 155 Å². The van der Waals surface area contributed by atoms with Crippen molar-refractivity contribution >= 4 is 16.9 Å². The summed E-state index contributed by atoms with van der Waals surface area (Å²) >= 11 is 0. The van der Waals surface area contributed by atoms with Crippen molar-refractivity contribution in [2.24, 2.45) is 4.99 Å². The van der Waals surface area contributed by atoms with Crippen LogP contribution in [-0.4, -0.2) is 45.0 Å². The molecule has 0 spiro atoms. The molecule has 1 saturated heterocycles. The molecule has 1 aromatic carbocycles. The van der Waals surface area contributed by atoms with Crippen molar-refractivity contribution in [1.29, 1.82) is 0 Å². The highest BCUT2D eigenvalue weighted by molar-refractivity contribution is 5.82. The Bertz CT molecular complexity index is 720. The van der Waals surface area contributed by atoms with Gasteiger partial charge in [0.05, 0.1) is 19.3 Å². The Morgan fingerprint density at radius 3 is 2.96 bits per heavy atom. The second-order valence-corrected chi connectivity index (χ2v) is 6.48. The molecule has 0 radical (unpaired) electrons. The van der Waals surface area contributed by atoms with E-state index in [1.807, 2.05) is 18.2 Å². The molecule has 2 heterocycles. The van der Waals surface area contributed by atoms with Crippen molar-refractivity contribution in [3.8, 4) is 0 Å². The van der Waals surface area contributed by atoms with Crippen LogP contribution < -0.4 is 10.6 Å². The van der Waals surface area contributed by atoms with E-state index in [1.165, 1.54) is 0 Å². The minimum Gasteiger partial charge on any atom is -0.459 e. The van der Waals surface area contributed by atoms with E-state index in [0.717, 1.165) is 54.2 Å². The molecule has 1 atom stereocenters. The molecule has 6 nitrogen and oxygen atoms in total. The second-order valence-electron chi connectivity index (χ2n) is 6.48. The summed E-state index contributed by atoms with van der Waals surface area (Å²) in [5.41, 5.74) is 2.07. The Hall–Kier alpha value is -2.05. The lowest BCUT2D eigenvalue weighted by atomic mass is 10.1. The molecule has 3 rings (SSSR count). The lowest BCUT2D eigenvalue weighted by molar-refractivity contribution is 0.0191. The van der Waals surface area contributed by atoms with Crippen molar-refractivity contribution in [2.75, 3.05) is 32.9 Å². The maximum Gasteiger partial charge on any atom is 0.191 e. The van der Waals surface area contributed by atoms with Crippen molar-refractivity contribution in [1.82, 2.24) is 10.6 Å². The summed E-state index contributed by atoms with van der Waals surface area (Å²) in [5.74, 6) is 1.67. The van der Waals surface area contributed by atoms with Gasteiger partial charge in [0.15, 0.2) is 5.96 Å². The normalized spacial score (nSPS) is 17.8. The number of rotatable bonds is 8. The summed E-state index contributed by atoms with van der Waals surface area (Å²) in [6.45, 7) is 8.33. The zero-order valence-electron chi connectivity index (χ0n) is 15.7. The van der Waals surface area contributed by atoms with E-state index in [0.29, 0.717) is 26.3 Å². The Kier molecular flexibility index (Phi) is 6.91. The predicted molar refractivity (Wildman–Crippen MR) is 104 cm³/mol. The summed E-state index contributed by atoms with van der Waals surface area (Å²) in [6.07, 6.45) is 2.52. The zero-order chi connectivity index (χ0) is 18.2. The average molecular weight is 359 g/mol. The smallest absolute Gasteiger partial charge is 0.191 e. The van der Waals surface area contributed by atoms with Gasteiger partial charge >= 0.3 is 0 Å². The Morgan fingerprint density at radius 2 is 2.19 bits per heavy atom. The average Bonchev–Trinajstić information content (AvgIpc) is 3.28. The molecule has 0 bridgehead atoms. The number of para-hydroxylation sites is 1. The molecular formula is C20H29N3O3. The van der Waals surface area contributed by atoms with Crippen LogP contribution >= 0.6 is 0 Å². The molecule has 2 N–H and O–H groups in total. The van der Waals surface area contributed by atoms with E-state index < -0.39 is 0 Å². The molecule has 2 aromatic rings. The first kappa shape index (κ1) is 18.7. The third-order valence-electron chi connectivity index (χ3n) is 4.53. The van der Waals surface area contributed by atoms with Gasteiger partial charge in [-0.1, -0.05) is 18.2 Å². The van der Waals surface area contributed by atoms with Crippen molar-refractivity contribution < 1.29 is 13.9 Å². The minimum absolute atomic E-state index is 0.271. The maximum absolute atomic E-state index is 5.93. The van der Waals surface area contributed by atoms with Crippen LogP contribution in [0.2, 0.25) is 0 Å². The van der Waals surface area contributed by atoms with E-state index in [1.54, 1.807) is 0 Å². The van der Waals surface area contributed by atoms with Crippen molar-refractivity contribution in [3.05, 3.63) is 35.6 Å². The van der Waals surface area contributed by atoms with Gasteiger partial charge in [-0.25, -0.2) is 4.99 Å². The molecule has 6 heteroatoms. The molecule has 1 aromatic heterocycles. The first-order valence-corrected chi connectivity index (χ1v) is 9.46. The van der Waals surface area contributed by atoms with Crippen LogP contribution in [0, 0.1) is 6.92 Å². The molecule has 1 unspecified atom stereocenters. The molecule has 1 aliphatic heterocycles. The molecule has 1 fully saturated rings. The number of furan rings is 1. The summed E-state index contributed by atoms with van der Waals surface area (Å²) in [7, 11) is 0. The van der Waals surface area contributed by atoms with Crippen LogP contribution in [0.1, 0.15) is 31.1 Å². The van der Waals surface area contributed by atoms with E-state index in [4.69, 9.17) is 13.9 Å². The minimum atomic E-state index is 0.271. The Morgan fingerprint density at radius 1 is 1.31 bits per heavy atom. The van der Waals surface area contributed by atoms with Crippen LogP contribution in [0.15, 0.2) is 33.7 Å². The molecular weight excluding hydrogens is 330 g/mol. The van der Waals surface area contributed by atoms with Gasteiger partial charge in [0.1, 0.15) is 17.9 Å². The molecule has 0 saturated carbocycles. The summed E-state index contributed by atoms with van der Waals surface area (Å²) in [6, 6.07) is 8.08. The highest BCUT2D eigenvalue weighted by Gasteiger charge is 2.15. The highest BCUT2D eigenvalue weighted by Crippen LogP contribution is 2.25. The quantitative estimate of drug-likeness (QED) is 0.431. The number of aliphatic imine (C=N–C) groups is 1. The number of ether oxygens (including phenoxy) is 2. The SMILES string of the molecule is CCNC(=NCc1oc2ccccc2c1C)NCCOCC1CCCO1. The van der Waals surface area contributed by atoms with Gasteiger partial charge in [0, 0.05) is 30.6 Å². The topological polar surface area (TPSA) is 68.0 Å². The van der Waals surface area contributed by atoms with Crippen LogP contribution in [0.5, 0.6) is 0 Å². The molecule has 0 aliphatic carbocycles. The van der Waals surface area contributed by atoms with Crippen LogP contribution in [0.4, 0.5) is 0 Å². The monoisotopic (exact) mass is 359 g/mol. The van der Waals surface area contributed by atoms with E-state index in [9.17, 15) is 0 Å². The number of fused-ring (bicyclic) bond motifs is 1. The van der Waals surface area contributed by atoms with Gasteiger partial charge in [-0.2, -0.15) is 0 Å². The molecule has 1 aliphatic rings. The number of nitrogens with zero attached hydrogens (tertiary/aromatic N) is 1. The molecule has 26 heavy (non-hydrogen) atoms. The van der Waals surface area contributed by atoms with Crippen molar-refractivity contribution in [3.63, 3.8) is 0 Å². The summed E-state index contributed by atoms with van der Waals surface area (Å²) in [4.78, 5) is 4.64. The predicted octanol–water partition coefficient (Wildman–Crippen LogP) is 2.99. The van der Waals surface area contributed by atoms with E-state index >= 15 is 0 Å². The fraction of sp³-hybridized carbons (Fsp3) is 0.550. The first-order chi connectivity index (χ1) is 12.8. The number of guanidine groups is 1. The first-order valence-electron chi connectivity index (χ1n) is 9.46. The maximum atomic E-state index is 5.93. The third kappa shape index (κ3) is 4.99. The van der Waals surface area contributed by atoms with Gasteiger partial charge in [-0.3, -0.25) is 0 Å². The zero-order valence-corrected chi connectivity index (χ0v) is 15.7. The Balaban J connectivity index is 1.48. The third-order valence-corrected chi connectivity index (χ3v) is 4.53. The highest BCUT2D eigenvalue weighted by atomic mass is 16.5. The van der Waals surface area contributed by atoms with Gasteiger partial charge < -0.3 is 24.5 Å². The number of aryl methyl sites for hydroxylation is 1. The van der Waals surface area contributed by atoms with Crippen LogP contribution in [-0.2, 0) is 16.0 Å².